The average molecular weight is 225 g/mol. The van der Waals surface area contributed by atoms with E-state index < -0.39 is 0 Å². The second kappa shape index (κ2) is 6.27. The first kappa shape index (κ1) is 12.7. The molecule has 1 aromatic heterocycles. The van der Waals surface area contributed by atoms with E-state index >= 15 is 0 Å². The Morgan fingerprint density at radius 2 is 2.38 bits per heavy atom. The summed E-state index contributed by atoms with van der Waals surface area (Å²) in [7, 11) is 0. The van der Waals surface area contributed by atoms with Gasteiger partial charge in [0, 0.05) is 6.42 Å². The van der Waals surface area contributed by atoms with Crippen molar-refractivity contribution < 1.29 is 9.21 Å². The third-order valence-corrected chi connectivity index (χ3v) is 2.39. The monoisotopic (exact) mass is 225 g/mol. The van der Waals surface area contributed by atoms with Crippen LogP contribution in [0.3, 0.4) is 0 Å². The van der Waals surface area contributed by atoms with Crippen LogP contribution in [0.5, 0.6) is 0 Å². The zero-order valence-electron chi connectivity index (χ0n) is 9.82. The molecule has 0 radical (unpaired) electrons. The molecule has 5 heteroatoms. The summed E-state index contributed by atoms with van der Waals surface area (Å²) in [6, 6.07) is 0.272. The lowest BCUT2D eigenvalue weighted by Crippen LogP contribution is -2.14. The lowest BCUT2D eigenvalue weighted by molar-refractivity contribution is -0.116. The summed E-state index contributed by atoms with van der Waals surface area (Å²) in [6.07, 6.45) is 3.77. The number of oxazole rings is 1. The molecule has 0 saturated carbocycles. The number of nitrogens with two attached hydrogens (primary N) is 1. The second-order valence-electron chi connectivity index (χ2n) is 4.06. The molecule has 0 saturated heterocycles. The number of nitrogens with zero attached hydrogens (tertiary/aromatic N) is 1. The number of aryl methyl sites for hydroxylation is 1. The van der Waals surface area contributed by atoms with Crippen molar-refractivity contribution in [2.24, 2.45) is 11.7 Å². The number of anilines is 1. The maximum Gasteiger partial charge on any atom is 0.301 e. The lowest BCUT2D eigenvalue weighted by Gasteiger charge is -2.08. The number of hydrogen-bond acceptors (Lipinski definition) is 4. The van der Waals surface area contributed by atoms with Gasteiger partial charge >= 0.3 is 6.01 Å². The summed E-state index contributed by atoms with van der Waals surface area (Å²) in [5.74, 6) is 0.410. The molecule has 0 fully saturated rings. The van der Waals surface area contributed by atoms with E-state index in [4.69, 9.17) is 10.2 Å². The van der Waals surface area contributed by atoms with E-state index in [1.54, 1.807) is 0 Å². The number of amides is 1. The van der Waals surface area contributed by atoms with Gasteiger partial charge in [-0.25, -0.2) is 0 Å². The Balaban J connectivity index is 2.26. The summed E-state index contributed by atoms with van der Waals surface area (Å²) in [4.78, 5) is 15.5. The van der Waals surface area contributed by atoms with Crippen molar-refractivity contribution in [2.45, 2.75) is 33.1 Å². The molecule has 0 aliphatic heterocycles. The van der Waals surface area contributed by atoms with Gasteiger partial charge < -0.3 is 10.2 Å². The number of nitrogens with one attached hydrogen (secondary N) is 1. The topological polar surface area (TPSA) is 81.2 Å². The Morgan fingerprint density at radius 1 is 1.62 bits per heavy atom. The van der Waals surface area contributed by atoms with E-state index in [1.807, 2.05) is 6.92 Å². The van der Waals surface area contributed by atoms with Gasteiger partial charge in [0.25, 0.3) is 0 Å². The highest BCUT2D eigenvalue weighted by Gasteiger charge is 2.09. The number of carbonyl (C=O) groups excluding carboxylic acids is 1. The summed E-state index contributed by atoms with van der Waals surface area (Å²) < 4.78 is 5.03. The predicted molar refractivity (Wildman–Crippen MR) is 61.9 cm³/mol. The zero-order chi connectivity index (χ0) is 12.0. The van der Waals surface area contributed by atoms with E-state index in [0.717, 1.165) is 18.5 Å². The summed E-state index contributed by atoms with van der Waals surface area (Å²) in [5, 5.41) is 2.61. The Kier molecular flexibility index (Phi) is 4.98. The number of rotatable bonds is 6. The minimum absolute atomic E-state index is 0.0641. The van der Waals surface area contributed by atoms with Gasteiger partial charge in [0.15, 0.2) is 0 Å². The van der Waals surface area contributed by atoms with Crippen LogP contribution >= 0.6 is 0 Å². The highest BCUT2D eigenvalue weighted by atomic mass is 16.4. The van der Waals surface area contributed by atoms with Gasteiger partial charge in [0.2, 0.25) is 5.91 Å². The molecule has 0 aliphatic carbocycles. The summed E-state index contributed by atoms with van der Waals surface area (Å²) >= 11 is 0. The zero-order valence-corrected chi connectivity index (χ0v) is 9.82. The van der Waals surface area contributed by atoms with Gasteiger partial charge in [0.1, 0.15) is 6.26 Å². The van der Waals surface area contributed by atoms with Gasteiger partial charge in [-0.1, -0.05) is 6.92 Å². The smallest absolute Gasteiger partial charge is 0.301 e. The predicted octanol–water partition coefficient (Wildman–Crippen LogP) is 1.69. The Hall–Kier alpha value is -1.36. The number of aromatic nitrogens is 1. The molecule has 1 heterocycles. The second-order valence-corrected chi connectivity index (χ2v) is 4.06. The maximum absolute atomic E-state index is 11.5. The number of carbonyl (C=O) groups is 1. The minimum atomic E-state index is -0.0641. The van der Waals surface area contributed by atoms with Crippen molar-refractivity contribution >= 4 is 11.9 Å². The van der Waals surface area contributed by atoms with Gasteiger partial charge in [-0.2, -0.15) is 4.98 Å². The molecule has 16 heavy (non-hydrogen) atoms. The summed E-state index contributed by atoms with van der Waals surface area (Å²) in [6.45, 7) is 4.57. The Morgan fingerprint density at radius 3 is 2.94 bits per heavy atom. The first-order chi connectivity index (χ1) is 7.61. The molecular weight excluding hydrogens is 206 g/mol. The molecule has 0 aliphatic rings. The van der Waals surface area contributed by atoms with Crippen molar-refractivity contribution in [3.63, 3.8) is 0 Å². The van der Waals surface area contributed by atoms with Crippen LogP contribution in [0, 0.1) is 12.8 Å². The molecule has 0 spiro atoms. The van der Waals surface area contributed by atoms with Crippen molar-refractivity contribution in [3.05, 3.63) is 12.0 Å². The van der Waals surface area contributed by atoms with Crippen LogP contribution in [0.25, 0.3) is 0 Å². The van der Waals surface area contributed by atoms with Crippen LogP contribution in [0.4, 0.5) is 6.01 Å². The molecular formula is C11H19N3O2. The van der Waals surface area contributed by atoms with Crippen molar-refractivity contribution in [1.82, 2.24) is 4.98 Å². The fourth-order valence-corrected chi connectivity index (χ4v) is 1.40. The first-order valence-electron chi connectivity index (χ1n) is 5.54. The molecule has 0 bridgehead atoms. The van der Waals surface area contributed by atoms with Gasteiger partial charge in [-0.15, -0.1) is 0 Å². The molecule has 0 aromatic carbocycles. The molecule has 1 unspecified atom stereocenters. The third-order valence-electron chi connectivity index (χ3n) is 2.39. The summed E-state index contributed by atoms with van der Waals surface area (Å²) in [5.41, 5.74) is 6.19. The van der Waals surface area contributed by atoms with Crippen LogP contribution in [0.15, 0.2) is 10.7 Å². The molecule has 90 valence electrons. The average Bonchev–Trinajstić information content (AvgIpc) is 2.61. The fourth-order valence-electron chi connectivity index (χ4n) is 1.40. The van der Waals surface area contributed by atoms with Crippen LogP contribution < -0.4 is 11.1 Å². The van der Waals surface area contributed by atoms with E-state index in [1.165, 1.54) is 6.26 Å². The molecule has 1 rings (SSSR count). The van der Waals surface area contributed by atoms with Crippen LogP contribution in [0.2, 0.25) is 0 Å². The highest BCUT2D eigenvalue weighted by molar-refractivity contribution is 5.88. The molecule has 1 amide bonds. The van der Waals surface area contributed by atoms with Crippen LogP contribution in [-0.4, -0.2) is 17.4 Å². The Labute approximate surface area is 95.4 Å². The molecule has 3 N–H and O–H groups in total. The third kappa shape index (κ3) is 4.44. The molecule has 1 aromatic rings. The molecule has 1 atom stereocenters. The maximum atomic E-state index is 11.5. The lowest BCUT2D eigenvalue weighted by atomic mass is 10.0. The first-order valence-corrected chi connectivity index (χ1v) is 5.54. The van der Waals surface area contributed by atoms with E-state index in [2.05, 4.69) is 17.2 Å². The highest BCUT2D eigenvalue weighted by Crippen LogP contribution is 2.11. The normalized spacial score (nSPS) is 12.4. The van der Waals surface area contributed by atoms with Gasteiger partial charge in [-0.3, -0.25) is 10.1 Å². The van der Waals surface area contributed by atoms with Crippen molar-refractivity contribution in [2.75, 3.05) is 11.9 Å². The van der Waals surface area contributed by atoms with E-state index in [0.29, 0.717) is 18.9 Å². The number of hydrogen-bond donors (Lipinski definition) is 2. The standard InChI is InChI=1S/C11H19N3O2/c1-8(5-6-12)3-4-10(15)14-11-13-9(2)7-16-11/h7-8H,3-6,12H2,1-2H3,(H,13,14,15). The van der Waals surface area contributed by atoms with Crippen molar-refractivity contribution in [3.8, 4) is 0 Å². The SMILES string of the molecule is Cc1coc(NC(=O)CCC(C)CCN)n1. The van der Waals surface area contributed by atoms with E-state index in [-0.39, 0.29) is 11.9 Å². The largest absolute Gasteiger partial charge is 0.432 e. The van der Waals surface area contributed by atoms with E-state index in [9.17, 15) is 4.79 Å². The van der Waals surface area contributed by atoms with Gasteiger partial charge in [0.05, 0.1) is 5.69 Å². The molecule has 5 nitrogen and oxygen atoms in total. The van der Waals surface area contributed by atoms with Crippen LogP contribution in [-0.2, 0) is 4.79 Å². The van der Waals surface area contributed by atoms with Crippen molar-refractivity contribution in [1.29, 1.82) is 0 Å². The Bertz CT molecular complexity index is 336. The van der Waals surface area contributed by atoms with Crippen LogP contribution in [0.1, 0.15) is 31.9 Å². The minimum Gasteiger partial charge on any atom is -0.432 e. The van der Waals surface area contributed by atoms with Gasteiger partial charge in [-0.05, 0) is 32.2 Å². The fraction of sp³-hybridized carbons (Fsp3) is 0.636. The quantitative estimate of drug-likeness (QED) is 0.771.